The lowest BCUT2D eigenvalue weighted by Gasteiger charge is -2.17. The Balaban J connectivity index is 1.46. The maximum Gasteiger partial charge on any atom is 0.256 e. The van der Waals surface area contributed by atoms with E-state index in [1.165, 1.54) is 17.0 Å². The summed E-state index contributed by atoms with van der Waals surface area (Å²) in [5.74, 6) is -1.62. The van der Waals surface area contributed by atoms with E-state index in [0.717, 1.165) is 10.9 Å². The van der Waals surface area contributed by atoms with Gasteiger partial charge < -0.3 is 4.90 Å². The number of pyridine rings is 2. The van der Waals surface area contributed by atoms with Crippen molar-refractivity contribution in [2.75, 3.05) is 0 Å². The van der Waals surface area contributed by atoms with Crippen LogP contribution in [-0.4, -0.2) is 20.8 Å². The fourth-order valence-electron chi connectivity index (χ4n) is 3.68. The molecule has 0 N–H and O–H groups in total. The van der Waals surface area contributed by atoms with Crippen LogP contribution < -0.4 is 0 Å². The Kier molecular flexibility index (Phi) is 4.05. The number of benzene rings is 2. The highest BCUT2D eigenvalue weighted by Crippen LogP contribution is 2.29. The molecular weight excluding hydrogens is 372 g/mol. The van der Waals surface area contributed by atoms with Crippen LogP contribution in [0.4, 0.5) is 8.78 Å². The molecule has 0 saturated carbocycles. The highest BCUT2D eigenvalue weighted by atomic mass is 19.1. The van der Waals surface area contributed by atoms with Gasteiger partial charge in [-0.3, -0.25) is 14.8 Å². The second kappa shape index (κ2) is 6.74. The van der Waals surface area contributed by atoms with Crippen LogP contribution >= 0.6 is 0 Å². The van der Waals surface area contributed by atoms with Gasteiger partial charge in [-0.2, -0.15) is 0 Å². The minimum Gasteiger partial charge on any atom is -0.328 e. The van der Waals surface area contributed by atoms with E-state index in [-0.39, 0.29) is 24.6 Å². The van der Waals surface area contributed by atoms with Gasteiger partial charge >= 0.3 is 0 Å². The van der Waals surface area contributed by atoms with Crippen molar-refractivity contribution in [1.82, 2.24) is 14.9 Å². The number of carbonyl (C=O) groups excluding carboxylic acids is 1. The molecule has 29 heavy (non-hydrogen) atoms. The lowest BCUT2D eigenvalue weighted by molar-refractivity contribution is 0.0763. The summed E-state index contributed by atoms with van der Waals surface area (Å²) in [6, 6.07) is 15.1. The maximum atomic E-state index is 14.8. The Labute approximate surface area is 165 Å². The van der Waals surface area contributed by atoms with Crippen LogP contribution in [0.25, 0.3) is 22.0 Å². The second-order valence-electron chi connectivity index (χ2n) is 6.99. The molecule has 1 amide bonds. The van der Waals surface area contributed by atoms with Crippen molar-refractivity contribution in [2.45, 2.75) is 13.1 Å². The zero-order chi connectivity index (χ0) is 20.0. The number of halogens is 2. The SMILES string of the molecule is O=C1c2cccnc2CN1Cc1c(F)cc(-c2ccc3ncccc3c2)cc1F. The number of carbonyl (C=O) groups is 1. The van der Waals surface area contributed by atoms with Crippen LogP contribution in [0.3, 0.4) is 0 Å². The number of aromatic nitrogens is 2. The zero-order valence-electron chi connectivity index (χ0n) is 15.3. The molecular formula is C23H15F2N3O. The molecule has 0 saturated heterocycles. The van der Waals surface area contributed by atoms with Crippen molar-refractivity contribution < 1.29 is 13.6 Å². The molecule has 0 spiro atoms. The van der Waals surface area contributed by atoms with Crippen molar-refractivity contribution in [2.24, 2.45) is 0 Å². The first-order chi connectivity index (χ1) is 14.1. The van der Waals surface area contributed by atoms with Crippen molar-refractivity contribution in [1.29, 1.82) is 0 Å². The van der Waals surface area contributed by atoms with E-state index in [0.29, 0.717) is 22.4 Å². The fourth-order valence-corrected chi connectivity index (χ4v) is 3.68. The van der Waals surface area contributed by atoms with Crippen LogP contribution in [0.1, 0.15) is 21.6 Å². The number of hydrogen-bond acceptors (Lipinski definition) is 3. The van der Waals surface area contributed by atoms with E-state index in [4.69, 9.17) is 0 Å². The van der Waals surface area contributed by atoms with Gasteiger partial charge in [-0.1, -0.05) is 12.1 Å². The van der Waals surface area contributed by atoms with Crippen molar-refractivity contribution in [3.63, 3.8) is 0 Å². The van der Waals surface area contributed by atoms with E-state index >= 15 is 0 Å². The summed E-state index contributed by atoms with van der Waals surface area (Å²) in [7, 11) is 0. The van der Waals surface area contributed by atoms with Crippen LogP contribution in [0.2, 0.25) is 0 Å². The van der Waals surface area contributed by atoms with Gasteiger partial charge in [-0.25, -0.2) is 8.78 Å². The molecule has 0 fully saturated rings. The first kappa shape index (κ1) is 17.4. The second-order valence-corrected chi connectivity index (χ2v) is 6.99. The molecule has 0 bridgehead atoms. The largest absolute Gasteiger partial charge is 0.328 e. The Bertz CT molecular complexity index is 1250. The molecule has 0 radical (unpaired) electrons. The van der Waals surface area contributed by atoms with Gasteiger partial charge in [0.05, 0.1) is 29.9 Å². The molecule has 5 rings (SSSR count). The summed E-state index contributed by atoms with van der Waals surface area (Å²) in [4.78, 5) is 22.3. The molecule has 6 heteroatoms. The van der Waals surface area contributed by atoms with Crippen molar-refractivity contribution >= 4 is 16.8 Å². The number of fused-ring (bicyclic) bond motifs is 2. The van der Waals surface area contributed by atoms with Crippen LogP contribution in [-0.2, 0) is 13.1 Å². The Morgan fingerprint density at radius 2 is 1.66 bits per heavy atom. The predicted octanol–water partition coefficient (Wildman–Crippen LogP) is 4.73. The third kappa shape index (κ3) is 3.02. The van der Waals surface area contributed by atoms with Crippen molar-refractivity contribution in [3.8, 4) is 11.1 Å². The third-order valence-corrected chi connectivity index (χ3v) is 5.17. The molecule has 4 nitrogen and oxygen atoms in total. The fraction of sp³-hybridized carbons (Fsp3) is 0.0870. The summed E-state index contributed by atoms with van der Waals surface area (Å²) in [5.41, 5.74) is 2.93. The molecule has 0 unspecified atom stereocenters. The average Bonchev–Trinajstić information content (AvgIpc) is 3.06. The van der Waals surface area contributed by atoms with Gasteiger partial charge in [-0.05, 0) is 53.6 Å². The third-order valence-electron chi connectivity index (χ3n) is 5.17. The number of nitrogens with zero attached hydrogens (tertiary/aromatic N) is 3. The Morgan fingerprint density at radius 3 is 2.45 bits per heavy atom. The Morgan fingerprint density at radius 1 is 0.897 bits per heavy atom. The number of rotatable bonds is 3. The molecule has 0 aliphatic carbocycles. The van der Waals surface area contributed by atoms with E-state index < -0.39 is 11.6 Å². The minimum atomic E-state index is -0.678. The van der Waals surface area contributed by atoms with E-state index in [9.17, 15) is 13.6 Å². The van der Waals surface area contributed by atoms with Gasteiger partial charge in [0.2, 0.25) is 0 Å². The van der Waals surface area contributed by atoms with Crippen molar-refractivity contribution in [3.05, 3.63) is 95.4 Å². The van der Waals surface area contributed by atoms with E-state index in [1.54, 1.807) is 30.6 Å². The molecule has 3 heterocycles. The topological polar surface area (TPSA) is 46.1 Å². The summed E-state index contributed by atoms with van der Waals surface area (Å²) >= 11 is 0. The number of hydrogen-bond donors (Lipinski definition) is 0. The van der Waals surface area contributed by atoms with Gasteiger partial charge in [0.25, 0.3) is 5.91 Å². The monoisotopic (exact) mass is 387 g/mol. The van der Waals surface area contributed by atoms with E-state index in [1.807, 2.05) is 24.3 Å². The summed E-state index contributed by atoms with van der Waals surface area (Å²) in [6.07, 6.45) is 3.30. The molecule has 4 aromatic rings. The molecule has 142 valence electrons. The smallest absolute Gasteiger partial charge is 0.256 e. The van der Waals surface area contributed by atoms with Crippen LogP contribution in [0.5, 0.6) is 0 Å². The minimum absolute atomic E-state index is 0.127. The summed E-state index contributed by atoms with van der Waals surface area (Å²) < 4.78 is 29.6. The number of amides is 1. The summed E-state index contributed by atoms with van der Waals surface area (Å²) in [5, 5.41) is 0.892. The lowest BCUT2D eigenvalue weighted by Crippen LogP contribution is -2.24. The normalized spacial score (nSPS) is 13.2. The standard InChI is InChI=1S/C23H15F2N3O/c24-19-10-16(14-5-6-21-15(9-14)3-1-7-26-21)11-20(25)18(19)12-28-13-22-17(23(28)29)4-2-8-27-22/h1-11H,12-13H2. The quantitative estimate of drug-likeness (QED) is 0.511. The molecule has 2 aromatic heterocycles. The van der Waals surface area contributed by atoms with Crippen LogP contribution in [0.15, 0.2) is 67.0 Å². The summed E-state index contributed by atoms with van der Waals surface area (Å²) in [6.45, 7) is 0.0993. The maximum absolute atomic E-state index is 14.8. The average molecular weight is 387 g/mol. The van der Waals surface area contributed by atoms with Crippen LogP contribution in [0, 0.1) is 11.6 Å². The first-order valence-corrected chi connectivity index (χ1v) is 9.16. The Hall–Kier alpha value is -3.67. The predicted molar refractivity (Wildman–Crippen MR) is 105 cm³/mol. The van der Waals surface area contributed by atoms with Gasteiger partial charge in [0.15, 0.2) is 0 Å². The van der Waals surface area contributed by atoms with E-state index in [2.05, 4.69) is 9.97 Å². The van der Waals surface area contributed by atoms with Gasteiger partial charge in [-0.15, -0.1) is 0 Å². The molecule has 1 aliphatic heterocycles. The highest BCUT2D eigenvalue weighted by Gasteiger charge is 2.29. The zero-order valence-corrected chi connectivity index (χ0v) is 15.3. The lowest BCUT2D eigenvalue weighted by atomic mass is 10.0. The molecule has 0 atom stereocenters. The molecule has 2 aromatic carbocycles. The highest BCUT2D eigenvalue weighted by molar-refractivity contribution is 5.97. The first-order valence-electron chi connectivity index (χ1n) is 9.16. The van der Waals surface area contributed by atoms with Gasteiger partial charge in [0, 0.05) is 23.3 Å². The molecule has 1 aliphatic rings. The van der Waals surface area contributed by atoms with Gasteiger partial charge in [0.1, 0.15) is 11.6 Å².